The molecule has 100 valence electrons. The van der Waals surface area contributed by atoms with Gasteiger partial charge in [-0.15, -0.1) is 0 Å². The fraction of sp³-hybridized carbons (Fsp3) is 0.308. The van der Waals surface area contributed by atoms with Gasteiger partial charge in [-0.3, -0.25) is 9.78 Å². The van der Waals surface area contributed by atoms with Crippen LogP contribution >= 0.6 is 0 Å². The van der Waals surface area contributed by atoms with Crippen molar-refractivity contribution in [3.8, 4) is 5.75 Å². The molecule has 2 aromatic heterocycles. The molecule has 2 aromatic rings. The topological polar surface area (TPSA) is 80.0 Å². The minimum Gasteiger partial charge on any atom is -0.506 e. The van der Waals surface area contributed by atoms with Crippen LogP contribution in [0.5, 0.6) is 5.75 Å². The second kappa shape index (κ2) is 6.53. The lowest BCUT2D eigenvalue weighted by Gasteiger charge is -2.05. The van der Waals surface area contributed by atoms with Crippen LogP contribution in [0.3, 0.4) is 0 Å². The van der Waals surface area contributed by atoms with E-state index in [1.165, 1.54) is 18.5 Å². The standard InChI is InChI=1S/C13H16N4O2/c18-12-7-11(8-15-9-12)13(19)16-3-1-2-5-17-6-4-14-10-17/h4,6-10,18H,1-3,5H2,(H,16,19). The number of hydrogen-bond acceptors (Lipinski definition) is 4. The van der Waals surface area contributed by atoms with Crippen LogP contribution in [0.2, 0.25) is 0 Å². The summed E-state index contributed by atoms with van der Waals surface area (Å²) in [4.78, 5) is 19.4. The molecule has 0 bridgehead atoms. The number of carbonyl (C=O) groups excluding carboxylic acids is 1. The zero-order valence-electron chi connectivity index (χ0n) is 10.5. The Balaban J connectivity index is 1.67. The van der Waals surface area contributed by atoms with Gasteiger partial charge < -0.3 is 15.0 Å². The summed E-state index contributed by atoms with van der Waals surface area (Å²) >= 11 is 0. The van der Waals surface area contributed by atoms with E-state index in [-0.39, 0.29) is 11.7 Å². The van der Waals surface area contributed by atoms with Gasteiger partial charge in [-0.1, -0.05) is 0 Å². The molecule has 19 heavy (non-hydrogen) atoms. The van der Waals surface area contributed by atoms with E-state index < -0.39 is 0 Å². The molecule has 0 atom stereocenters. The van der Waals surface area contributed by atoms with E-state index in [0.29, 0.717) is 12.1 Å². The molecule has 2 rings (SSSR count). The van der Waals surface area contributed by atoms with Gasteiger partial charge in [-0.05, 0) is 18.9 Å². The zero-order chi connectivity index (χ0) is 13.5. The smallest absolute Gasteiger partial charge is 0.252 e. The number of carbonyl (C=O) groups is 1. The molecule has 0 radical (unpaired) electrons. The molecular weight excluding hydrogens is 244 g/mol. The third kappa shape index (κ3) is 4.09. The zero-order valence-corrected chi connectivity index (χ0v) is 10.5. The van der Waals surface area contributed by atoms with Gasteiger partial charge in [0.1, 0.15) is 5.75 Å². The van der Waals surface area contributed by atoms with Gasteiger partial charge in [0, 0.05) is 31.7 Å². The molecule has 2 heterocycles. The van der Waals surface area contributed by atoms with E-state index in [2.05, 4.69) is 15.3 Å². The van der Waals surface area contributed by atoms with Crippen LogP contribution in [0.25, 0.3) is 0 Å². The Bertz CT molecular complexity index is 525. The van der Waals surface area contributed by atoms with Crippen LogP contribution in [0.1, 0.15) is 23.2 Å². The number of aryl methyl sites for hydroxylation is 1. The van der Waals surface area contributed by atoms with E-state index in [0.717, 1.165) is 19.4 Å². The van der Waals surface area contributed by atoms with Crippen molar-refractivity contribution in [2.24, 2.45) is 0 Å². The van der Waals surface area contributed by atoms with Crippen molar-refractivity contribution in [1.82, 2.24) is 19.9 Å². The summed E-state index contributed by atoms with van der Waals surface area (Å²) in [6.07, 6.45) is 10.0. The first-order valence-corrected chi connectivity index (χ1v) is 6.13. The number of unbranched alkanes of at least 4 members (excludes halogenated alkanes) is 1. The quantitative estimate of drug-likeness (QED) is 0.765. The lowest BCUT2D eigenvalue weighted by Crippen LogP contribution is -2.24. The van der Waals surface area contributed by atoms with Gasteiger partial charge in [-0.25, -0.2) is 4.98 Å². The van der Waals surface area contributed by atoms with Crippen LogP contribution < -0.4 is 5.32 Å². The summed E-state index contributed by atoms with van der Waals surface area (Å²) in [7, 11) is 0. The fourth-order valence-corrected chi connectivity index (χ4v) is 1.69. The summed E-state index contributed by atoms with van der Waals surface area (Å²) in [6, 6.07) is 1.40. The minimum absolute atomic E-state index is 0.00671. The van der Waals surface area contributed by atoms with Crippen LogP contribution in [0.4, 0.5) is 0 Å². The summed E-state index contributed by atoms with van der Waals surface area (Å²) in [5, 5.41) is 12.0. The number of amides is 1. The maximum atomic E-state index is 11.7. The molecule has 0 aliphatic carbocycles. The van der Waals surface area contributed by atoms with E-state index in [1.807, 2.05) is 10.8 Å². The molecule has 0 aliphatic rings. The normalized spacial score (nSPS) is 10.3. The average molecular weight is 260 g/mol. The molecule has 0 aromatic carbocycles. The molecule has 0 saturated carbocycles. The first kappa shape index (κ1) is 13.1. The molecule has 6 nitrogen and oxygen atoms in total. The minimum atomic E-state index is -0.217. The molecule has 6 heteroatoms. The molecule has 1 amide bonds. The number of imidazole rings is 1. The Labute approximate surface area is 111 Å². The van der Waals surface area contributed by atoms with Crippen molar-refractivity contribution < 1.29 is 9.90 Å². The summed E-state index contributed by atoms with van der Waals surface area (Å²) in [6.45, 7) is 1.49. The molecule has 2 N–H and O–H groups in total. The Morgan fingerprint density at radius 3 is 2.95 bits per heavy atom. The number of aromatic hydroxyl groups is 1. The highest BCUT2D eigenvalue weighted by molar-refractivity contribution is 5.94. The van der Waals surface area contributed by atoms with E-state index >= 15 is 0 Å². The highest BCUT2D eigenvalue weighted by atomic mass is 16.3. The predicted molar refractivity (Wildman–Crippen MR) is 69.7 cm³/mol. The van der Waals surface area contributed by atoms with Crippen molar-refractivity contribution >= 4 is 5.91 Å². The van der Waals surface area contributed by atoms with Gasteiger partial charge in [0.2, 0.25) is 0 Å². The van der Waals surface area contributed by atoms with Crippen molar-refractivity contribution in [3.63, 3.8) is 0 Å². The van der Waals surface area contributed by atoms with Gasteiger partial charge in [0.25, 0.3) is 5.91 Å². The largest absolute Gasteiger partial charge is 0.506 e. The van der Waals surface area contributed by atoms with Crippen molar-refractivity contribution in [2.45, 2.75) is 19.4 Å². The molecule has 0 unspecified atom stereocenters. The SMILES string of the molecule is O=C(NCCCCn1ccnc1)c1cncc(O)c1. The molecule has 0 aliphatic heterocycles. The van der Waals surface area contributed by atoms with E-state index in [1.54, 1.807) is 12.5 Å². The number of rotatable bonds is 6. The first-order valence-electron chi connectivity index (χ1n) is 6.13. The Kier molecular flexibility index (Phi) is 4.49. The highest BCUT2D eigenvalue weighted by Gasteiger charge is 2.05. The molecular formula is C13H16N4O2. The van der Waals surface area contributed by atoms with E-state index in [9.17, 15) is 9.90 Å². The monoisotopic (exact) mass is 260 g/mol. The van der Waals surface area contributed by atoms with Gasteiger partial charge in [-0.2, -0.15) is 0 Å². The van der Waals surface area contributed by atoms with Gasteiger partial charge in [0.15, 0.2) is 0 Å². The lowest BCUT2D eigenvalue weighted by atomic mass is 10.2. The Hall–Kier alpha value is -2.37. The number of nitrogens with one attached hydrogen (secondary N) is 1. The van der Waals surface area contributed by atoms with Gasteiger partial charge in [0.05, 0.1) is 18.1 Å². The van der Waals surface area contributed by atoms with Crippen LogP contribution in [-0.4, -0.2) is 32.1 Å². The highest BCUT2D eigenvalue weighted by Crippen LogP contribution is 2.08. The van der Waals surface area contributed by atoms with Crippen LogP contribution in [-0.2, 0) is 6.54 Å². The number of nitrogens with zero attached hydrogens (tertiary/aromatic N) is 3. The third-order valence-electron chi connectivity index (χ3n) is 2.67. The number of aromatic nitrogens is 3. The summed E-state index contributed by atoms with van der Waals surface area (Å²) < 4.78 is 2.00. The van der Waals surface area contributed by atoms with Crippen LogP contribution in [0.15, 0.2) is 37.2 Å². The Morgan fingerprint density at radius 2 is 2.21 bits per heavy atom. The predicted octanol–water partition coefficient (Wildman–Crippen LogP) is 1.19. The number of hydrogen-bond donors (Lipinski definition) is 2. The van der Waals surface area contributed by atoms with Gasteiger partial charge >= 0.3 is 0 Å². The van der Waals surface area contributed by atoms with E-state index in [4.69, 9.17) is 0 Å². The lowest BCUT2D eigenvalue weighted by molar-refractivity contribution is 0.0952. The summed E-state index contributed by atoms with van der Waals surface area (Å²) in [5.41, 5.74) is 0.370. The average Bonchev–Trinajstić information content (AvgIpc) is 2.91. The van der Waals surface area contributed by atoms with Crippen molar-refractivity contribution in [1.29, 1.82) is 0 Å². The third-order valence-corrected chi connectivity index (χ3v) is 2.67. The second-order valence-electron chi connectivity index (χ2n) is 4.20. The van der Waals surface area contributed by atoms with Crippen molar-refractivity contribution in [2.75, 3.05) is 6.54 Å². The first-order chi connectivity index (χ1) is 9.25. The molecule has 0 spiro atoms. The molecule has 0 fully saturated rings. The summed E-state index contributed by atoms with van der Waals surface area (Å²) in [5.74, 6) is -0.223. The maximum Gasteiger partial charge on any atom is 0.252 e. The molecule has 0 saturated heterocycles. The maximum absolute atomic E-state index is 11.7. The second-order valence-corrected chi connectivity index (χ2v) is 4.20. The van der Waals surface area contributed by atoms with Crippen molar-refractivity contribution in [3.05, 3.63) is 42.7 Å². The van der Waals surface area contributed by atoms with Crippen LogP contribution in [0, 0.1) is 0 Å². The fourth-order valence-electron chi connectivity index (χ4n) is 1.69. The Morgan fingerprint density at radius 1 is 1.32 bits per heavy atom. The number of pyridine rings is 1.